The number of nitrogens with one attached hydrogen (secondary N) is 3. The highest BCUT2D eigenvalue weighted by molar-refractivity contribution is 7.80. The van der Waals surface area contributed by atoms with Gasteiger partial charge >= 0.3 is 0 Å². The van der Waals surface area contributed by atoms with Crippen molar-refractivity contribution in [2.45, 2.75) is 13.3 Å². The van der Waals surface area contributed by atoms with Crippen molar-refractivity contribution in [2.75, 3.05) is 10.6 Å². The maximum atomic E-state index is 12.5. The van der Waals surface area contributed by atoms with E-state index in [0.29, 0.717) is 44.2 Å². The van der Waals surface area contributed by atoms with Gasteiger partial charge < -0.3 is 15.1 Å². The van der Waals surface area contributed by atoms with Crippen molar-refractivity contribution in [3.05, 3.63) is 69.4 Å². The van der Waals surface area contributed by atoms with Crippen LogP contribution < -0.4 is 16.0 Å². The molecule has 3 aromatic rings. The van der Waals surface area contributed by atoms with Crippen molar-refractivity contribution < 1.29 is 14.0 Å². The van der Waals surface area contributed by atoms with E-state index in [1.165, 1.54) is 6.07 Å². The molecule has 0 aliphatic rings. The molecule has 3 rings (SSSR count). The van der Waals surface area contributed by atoms with Crippen LogP contribution in [0.1, 0.15) is 23.9 Å². The second-order valence-electron chi connectivity index (χ2n) is 6.29. The lowest BCUT2D eigenvalue weighted by molar-refractivity contribution is -0.115. The molecule has 6 nitrogen and oxygen atoms in total. The van der Waals surface area contributed by atoms with Gasteiger partial charge in [0.25, 0.3) is 5.91 Å². The van der Waals surface area contributed by atoms with Gasteiger partial charge in [0, 0.05) is 22.7 Å². The van der Waals surface area contributed by atoms with Crippen LogP contribution in [0, 0.1) is 0 Å². The maximum Gasteiger partial charge on any atom is 0.293 e. The van der Waals surface area contributed by atoms with Gasteiger partial charge in [-0.15, -0.1) is 0 Å². The SMILES string of the molecule is CCC(=O)Nc1ccc(Cl)c(NC(=S)NC(=O)c2ccc(-c3ccc(Cl)cc3Cl)o2)c1. The molecule has 1 aromatic heterocycles. The summed E-state index contributed by atoms with van der Waals surface area (Å²) in [5, 5.41) is 9.34. The first-order chi connectivity index (χ1) is 14.8. The lowest BCUT2D eigenvalue weighted by atomic mass is 10.2. The van der Waals surface area contributed by atoms with Crippen molar-refractivity contribution in [3.63, 3.8) is 0 Å². The highest BCUT2D eigenvalue weighted by Crippen LogP contribution is 2.31. The zero-order valence-corrected chi connectivity index (χ0v) is 19.2. The first-order valence-corrected chi connectivity index (χ1v) is 10.6. The van der Waals surface area contributed by atoms with E-state index in [2.05, 4.69) is 16.0 Å². The Hall–Kier alpha value is -2.58. The van der Waals surface area contributed by atoms with Crippen LogP contribution in [0.3, 0.4) is 0 Å². The van der Waals surface area contributed by atoms with Crippen LogP contribution in [-0.2, 0) is 4.79 Å². The molecular weight excluding hydrogens is 481 g/mol. The predicted molar refractivity (Wildman–Crippen MR) is 128 cm³/mol. The molecule has 0 aliphatic heterocycles. The largest absolute Gasteiger partial charge is 0.451 e. The molecule has 2 aromatic carbocycles. The Morgan fingerprint density at radius 1 is 0.968 bits per heavy atom. The molecule has 0 radical (unpaired) electrons. The molecule has 1 heterocycles. The third-order valence-electron chi connectivity index (χ3n) is 4.07. The molecule has 0 atom stereocenters. The Balaban J connectivity index is 1.68. The van der Waals surface area contributed by atoms with Gasteiger partial charge in [0.15, 0.2) is 10.9 Å². The standard InChI is InChI=1S/C21H16Cl3N3O3S/c1-2-19(28)25-12-4-6-14(23)16(10-12)26-21(31)27-20(29)18-8-7-17(30-18)13-5-3-11(22)9-15(13)24/h3-10H,2H2,1H3,(H,25,28)(H2,26,27,29,31). The molecule has 10 heteroatoms. The minimum absolute atomic E-state index is 0.00773. The minimum Gasteiger partial charge on any atom is -0.451 e. The Morgan fingerprint density at radius 2 is 1.74 bits per heavy atom. The van der Waals surface area contributed by atoms with Gasteiger partial charge in [-0.3, -0.25) is 14.9 Å². The number of anilines is 2. The summed E-state index contributed by atoms with van der Waals surface area (Å²) in [6, 6.07) is 13.0. The fourth-order valence-corrected chi connectivity index (χ4v) is 3.43. The highest BCUT2D eigenvalue weighted by Gasteiger charge is 2.16. The molecule has 160 valence electrons. The van der Waals surface area contributed by atoms with E-state index in [4.69, 9.17) is 51.4 Å². The Bertz CT molecular complexity index is 1160. The highest BCUT2D eigenvalue weighted by atomic mass is 35.5. The first kappa shape index (κ1) is 23.1. The molecule has 0 saturated heterocycles. The number of furan rings is 1. The molecule has 0 bridgehead atoms. The van der Waals surface area contributed by atoms with Crippen molar-refractivity contribution in [2.24, 2.45) is 0 Å². The number of benzene rings is 2. The third-order valence-corrected chi connectivity index (χ3v) is 5.15. The summed E-state index contributed by atoms with van der Waals surface area (Å²) in [5.41, 5.74) is 1.57. The number of amides is 2. The molecule has 0 unspecified atom stereocenters. The zero-order chi connectivity index (χ0) is 22.5. The number of hydrogen-bond donors (Lipinski definition) is 3. The van der Waals surface area contributed by atoms with E-state index in [0.717, 1.165) is 0 Å². The summed E-state index contributed by atoms with van der Waals surface area (Å²) in [5.74, 6) is -0.243. The van der Waals surface area contributed by atoms with Crippen molar-refractivity contribution in [3.8, 4) is 11.3 Å². The van der Waals surface area contributed by atoms with E-state index in [9.17, 15) is 9.59 Å². The monoisotopic (exact) mass is 495 g/mol. The Labute approximate surface area is 198 Å². The summed E-state index contributed by atoms with van der Waals surface area (Å²) in [6.45, 7) is 1.75. The summed E-state index contributed by atoms with van der Waals surface area (Å²) in [7, 11) is 0. The molecule has 0 saturated carbocycles. The second kappa shape index (κ2) is 10.2. The third kappa shape index (κ3) is 5.98. The number of rotatable bonds is 5. The van der Waals surface area contributed by atoms with E-state index in [-0.39, 0.29) is 16.8 Å². The summed E-state index contributed by atoms with van der Waals surface area (Å²) in [4.78, 5) is 24.1. The van der Waals surface area contributed by atoms with Crippen LogP contribution in [0.25, 0.3) is 11.3 Å². The van der Waals surface area contributed by atoms with Crippen molar-refractivity contribution in [1.29, 1.82) is 0 Å². The van der Waals surface area contributed by atoms with Crippen molar-refractivity contribution >= 4 is 75.3 Å². The molecule has 0 spiro atoms. The smallest absolute Gasteiger partial charge is 0.293 e. The van der Waals surface area contributed by atoms with Crippen LogP contribution in [0.15, 0.2) is 52.9 Å². The van der Waals surface area contributed by atoms with Gasteiger partial charge in [0.05, 0.1) is 15.7 Å². The fourth-order valence-electron chi connectivity index (χ4n) is 2.56. The van der Waals surface area contributed by atoms with Crippen LogP contribution in [0.2, 0.25) is 15.1 Å². The average Bonchev–Trinajstić information content (AvgIpc) is 3.20. The molecular formula is C21H16Cl3N3O3S. The van der Waals surface area contributed by atoms with E-state index in [1.807, 2.05) is 0 Å². The number of carbonyl (C=O) groups excluding carboxylic acids is 2. The zero-order valence-electron chi connectivity index (χ0n) is 16.1. The Kier molecular flexibility index (Phi) is 7.56. The lowest BCUT2D eigenvalue weighted by Gasteiger charge is -2.12. The maximum absolute atomic E-state index is 12.5. The van der Waals surface area contributed by atoms with Gasteiger partial charge in [-0.05, 0) is 60.7 Å². The van der Waals surface area contributed by atoms with Crippen LogP contribution in [-0.4, -0.2) is 16.9 Å². The predicted octanol–water partition coefficient (Wildman–Crippen LogP) is 6.38. The fraction of sp³-hybridized carbons (Fsp3) is 0.0952. The minimum atomic E-state index is -0.555. The molecule has 3 N–H and O–H groups in total. The summed E-state index contributed by atoms with van der Waals surface area (Å²) < 4.78 is 5.60. The molecule has 0 fully saturated rings. The number of thiocarbonyl (C=S) groups is 1. The summed E-state index contributed by atoms with van der Waals surface area (Å²) in [6.07, 6.45) is 0.340. The van der Waals surface area contributed by atoms with Crippen LogP contribution in [0.4, 0.5) is 11.4 Å². The van der Waals surface area contributed by atoms with E-state index < -0.39 is 5.91 Å². The van der Waals surface area contributed by atoms with Crippen LogP contribution in [0.5, 0.6) is 0 Å². The molecule has 2 amide bonds. The number of hydrogen-bond acceptors (Lipinski definition) is 4. The second-order valence-corrected chi connectivity index (χ2v) is 7.95. The Morgan fingerprint density at radius 3 is 2.45 bits per heavy atom. The van der Waals surface area contributed by atoms with Crippen molar-refractivity contribution in [1.82, 2.24) is 5.32 Å². The van der Waals surface area contributed by atoms with Crippen LogP contribution >= 0.6 is 47.0 Å². The molecule has 31 heavy (non-hydrogen) atoms. The number of carbonyl (C=O) groups is 2. The molecule has 0 aliphatic carbocycles. The van der Waals surface area contributed by atoms with Gasteiger partial charge in [-0.2, -0.15) is 0 Å². The van der Waals surface area contributed by atoms with Gasteiger partial charge in [0.2, 0.25) is 5.91 Å². The van der Waals surface area contributed by atoms with Gasteiger partial charge in [-0.1, -0.05) is 41.7 Å². The summed E-state index contributed by atoms with van der Waals surface area (Å²) >= 11 is 23.5. The van der Waals surface area contributed by atoms with Gasteiger partial charge in [0.1, 0.15) is 5.76 Å². The quantitative estimate of drug-likeness (QED) is 0.357. The van der Waals surface area contributed by atoms with E-state index in [1.54, 1.807) is 49.4 Å². The average molecular weight is 497 g/mol. The topological polar surface area (TPSA) is 83.4 Å². The normalized spacial score (nSPS) is 10.5. The number of halogens is 3. The lowest BCUT2D eigenvalue weighted by Crippen LogP contribution is -2.34. The van der Waals surface area contributed by atoms with Gasteiger partial charge in [-0.25, -0.2) is 0 Å². The first-order valence-electron chi connectivity index (χ1n) is 9.03. The van der Waals surface area contributed by atoms with E-state index >= 15 is 0 Å².